The van der Waals surface area contributed by atoms with Gasteiger partial charge in [-0.15, -0.1) is 6.58 Å². The minimum atomic E-state index is -0.417. The number of nitrogens with zero attached hydrogens (tertiary/aromatic N) is 1. The molecule has 0 aromatic heterocycles. The molecular formula is C18H34N2O2. The average molecular weight is 310 g/mol. The zero-order valence-corrected chi connectivity index (χ0v) is 15.1. The van der Waals surface area contributed by atoms with Crippen LogP contribution in [0.2, 0.25) is 0 Å². The van der Waals surface area contributed by atoms with E-state index in [0.717, 1.165) is 45.3 Å². The molecule has 22 heavy (non-hydrogen) atoms. The molecule has 1 rings (SSSR count). The van der Waals surface area contributed by atoms with Crippen LogP contribution in [-0.2, 0) is 4.74 Å². The van der Waals surface area contributed by atoms with Gasteiger partial charge in [0.15, 0.2) is 0 Å². The van der Waals surface area contributed by atoms with E-state index in [9.17, 15) is 4.79 Å². The third-order valence-corrected chi connectivity index (χ3v) is 4.30. The van der Waals surface area contributed by atoms with Gasteiger partial charge in [0.1, 0.15) is 5.60 Å². The number of carbonyl (C=O) groups is 1. The molecule has 1 atom stereocenters. The largest absolute Gasteiger partial charge is 0.444 e. The summed E-state index contributed by atoms with van der Waals surface area (Å²) in [5, 5.41) is 3.63. The highest BCUT2D eigenvalue weighted by Gasteiger charge is 2.33. The van der Waals surface area contributed by atoms with E-state index in [1.54, 1.807) is 0 Å². The third-order valence-electron chi connectivity index (χ3n) is 4.30. The van der Waals surface area contributed by atoms with Crippen LogP contribution in [0.4, 0.5) is 4.79 Å². The fraction of sp³-hybridized carbons (Fsp3) is 0.833. The summed E-state index contributed by atoms with van der Waals surface area (Å²) in [5.74, 6) is 0. The number of likely N-dealkylation sites (tertiary alicyclic amines) is 1. The van der Waals surface area contributed by atoms with Gasteiger partial charge in [0.05, 0.1) is 0 Å². The van der Waals surface area contributed by atoms with Gasteiger partial charge in [0.2, 0.25) is 0 Å². The molecule has 1 saturated heterocycles. The lowest BCUT2D eigenvalue weighted by Crippen LogP contribution is -2.48. The lowest BCUT2D eigenvalue weighted by molar-refractivity contribution is 0.0117. The van der Waals surface area contributed by atoms with Crippen LogP contribution in [0.1, 0.15) is 60.3 Å². The first kappa shape index (κ1) is 19.0. The zero-order valence-electron chi connectivity index (χ0n) is 15.1. The van der Waals surface area contributed by atoms with Gasteiger partial charge < -0.3 is 15.0 Å². The van der Waals surface area contributed by atoms with Crippen LogP contribution in [0, 0.1) is 5.41 Å². The van der Waals surface area contributed by atoms with Crippen LogP contribution < -0.4 is 5.32 Å². The van der Waals surface area contributed by atoms with Crippen molar-refractivity contribution in [3.63, 3.8) is 0 Å². The van der Waals surface area contributed by atoms with Gasteiger partial charge in [-0.3, -0.25) is 0 Å². The fourth-order valence-electron chi connectivity index (χ4n) is 2.62. The summed E-state index contributed by atoms with van der Waals surface area (Å²) >= 11 is 0. The molecule has 1 aliphatic rings. The van der Waals surface area contributed by atoms with E-state index in [4.69, 9.17) is 4.74 Å². The monoisotopic (exact) mass is 310 g/mol. The molecule has 1 aliphatic heterocycles. The highest BCUT2D eigenvalue weighted by molar-refractivity contribution is 5.68. The number of allylic oxidation sites excluding steroid dienone is 1. The highest BCUT2D eigenvalue weighted by Crippen LogP contribution is 2.31. The smallest absolute Gasteiger partial charge is 0.410 e. The Morgan fingerprint density at radius 2 is 2.00 bits per heavy atom. The number of piperidine rings is 1. The molecule has 0 radical (unpaired) electrons. The molecule has 1 amide bonds. The van der Waals surface area contributed by atoms with Crippen molar-refractivity contribution in [3.05, 3.63) is 12.7 Å². The normalized spacial score (nSPS) is 19.6. The summed E-state index contributed by atoms with van der Waals surface area (Å²) in [6.45, 7) is 16.6. The van der Waals surface area contributed by atoms with Gasteiger partial charge in [-0.05, 0) is 58.8 Å². The van der Waals surface area contributed by atoms with Crippen LogP contribution in [-0.4, -0.2) is 42.3 Å². The summed E-state index contributed by atoms with van der Waals surface area (Å²) in [6, 6.07) is 0.513. The molecule has 0 aromatic carbocycles. The van der Waals surface area contributed by atoms with Crippen molar-refractivity contribution < 1.29 is 9.53 Å². The maximum absolute atomic E-state index is 12.1. The number of nitrogens with one attached hydrogen (secondary N) is 1. The van der Waals surface area contributed by atoms with Crippen molar-refractivity contribution in [2.45, 2.75) is 71.9 Å². The molecule has 1 heterocycles. The van der Waals surface area contributed by atoms with E-state index in [2.05, 4.69) is 25.7 Å². The first-order chi connectivity index (χ1) is 10.2. The maximum Gasteiger partial charge on any atom is 0.410 e. The third kappa shape index (κ3) is 6.82. The molecule has 0 spiro atoms. The Kier molecular flexibility index (Phi) is 6.92. The van der Waals surface area contributed by atoms with Gasteiger partial charge in [-0.1, -0.05) is 13.0 Å². The Bertz CT molecular complexity index is 366. The van der Waals surface area contributed by atoms with Crippen molar-refractivity contribution in [2.24, 2.45) is 5.41 Å². The molecule has 0 aliphatic carbocycles. The molecular weight excluding hydrogens is 276 g/mol. The first-order valence-corrected chi connectivity index (χ1v) is 8.47. The molecule has 1 N–H and O–H groups in total. The summed E-state index contributed by atoms with van der Waals surface area (Å²) in [4.78, 5) is 13.9. The van der Waals surface area contributed by atoms with Crippen LogP contribution >= 0.6 is 0 Å². The quantitative estimate of drug-likeness (QED) is 0.755. The van der Waals surface area contributed by atoms with Crippen molar-refractivity contribution in [2.75, 3.05) is 19.6 Å². The maximum atomic E-state index is 12.1. The molecule has 128 valence electrons. The van der Waals surface area contributed by atoms with Crippen molar-refractivity contribution in [1.29, 1.82) is 0 Å². The van der Waals surface area contributed by atoms with E-state index < -0.39 is 5.60 Å². The Morgan fingerprint density at radius 1 is 1.41 bits per heavy atom. The number of carbonyl (C=O) groups excluding carboxylic acids is 1. The predicted molar refractivity (Wildman–Crippen MR) is 92.0 cm³/mol. The number of hydrogen-bond donors (Lipinski definition) is 1. The zero-order chi connectivity index (χ0) is 16.8. The van der Waals surface area contributed by atoms with Crippen LogP contribution in [0.3, 0.4) is 0 Å². The van der Waals surface area contributed by atoms with E-state index in [1.165, 1.54) is 0 Å². The van der Waals surface area contributed by atoms with Gasteiger partial charge in [0.25, 0.3) is 0 Å². The Balaban J connectivity index is 2.36. The SMILES string of the molecule is C=CCCC(C)NCC1(C)CCN(C(=O)OC(C)(C)C)CC1. The molecule has 4 heteroatoms. The lowest BCUT2D eigenvalue weighted by Gasteiger charge is -2.40. The second kappa shape index (κ2) is 8.00. The molecule has 1 fully saturated rings. The molecule has 0 saturated carbocycles. The van der Waals surface area contributed by atoms with Crippen LogP contribution in [0.5, 0.6) is 0 Å². The van der Waals surface area contributed by atoms with E-state index >= 15 is 0 Å². The minimum Gasteiger partial charge on any atom is -0.444 e. The number of hydrogen-bond acceptors (Lipinski definition) is 3. The molecule has 0 aromatic rings. The van der Waals surface area contributed by atoms with Gasteiger partial charge >= 0.3 is 6.09 Å². The number of ether oxygens (including phenoxy) is 1. The van der Waals surface area contributed by atoms with Crippen molar-refractivity contribution in [1.82, 2.24) is 10.2 Å². The molecule has 4 nitrogen and oxygen atoms in total. The summed E-state index contributed by atoms with van der Waals surface area (Å²) in [5.41, 5.74) is -0.152. The van der Waals surface area contributed by atoms with E-state index in [1.807, 2.05) is 31.7 Å². The van der Waals surface area contributed by atoms with Crippen LogP contribution in [0.25, 0.3) is 0 Å². The second-order valence-corrected chi connectivity index (χ2v) is 7.93. The first-order valence-electron chi connectivity index (χ1n) is 8.47. The van der Waals surface area contributed by atoms with E-state index in [-0.39, 0.29) is 11.5 Å². The second-order valence-electron chi connectivity index (χ2n) is 7.93. The van der Waals surface area contributed by atoms with Gasteiger partial charge in [-0.25, -0.2) is 4.79 Å². The average Bonchev–Trinajstić information content (AvgIpc) is 2.42. The Hall–Kier alpha value is -1.03. The topological polar surface area (TPSA) is 41.6 Å². The van der Waals surface area contributed by atoms with E-state index in [0.29, 0.717) is 6.04 Å². The summed E-state index contributed by atoms with van der Waals surface area (Å²) in [7, 11) is 0. The number of rotatable bonds is 6. The lowest BCUT2D eigenvalue weighted by atomic mass is 9.80. The number of amides is 1. The Morgan fingerprint density at radius 3 is 2.50 bits per heavy atom. The summed E-state index contributed by atoms with van der Waals surface area (Å²) in [6.07, 6.45) is 6.02. The van der Waals surface area contributed by atoms with Crippen LogP contribution in [0.15, 0.2) is 12.7 Å². The fourth-order valence-corrected chi connectivity index (χ4v) is 2.62. The van der Waals surface area contributed by atoms with Gasteiger partial charge in [0, 0.05) is 25.7 Å². The molecule has 1 unspecified atom stereocenters. The standard InChI is InChI=1S/C18H34N2O2/c1-7-8-9-15(2)19-14-18(6)10-12-20(13-11-18)16(21)22-17(3,4)5/h7,15,19H,1,8-14H2,2-6H3. The van der Waals surface area contributed by atoms with Crippen molar-refractivity contribution >= 4 is 6.09 Å². The molecule has 0 bridgehead atoms. The summed E-state index contributed by atoms with van der Waals surface area (Å²) < 4.78 is 5.45. The van der Waals surface area contributed by atoms with Crippen molar-refractivity contribution in [3.8, 4) is 0 Å². The minimum absolute atomic E-state index is 0.179. The highest BCUT2D eigenvalue weighted by atomic mass is 16.6. The predicted octanol–water partition coefficient (Wildman–Crippen LogP) is 3.97. The Labute approximate surface area is 136 Å². The van der Waals surface area contributed by atoms with Gasteiger partial charge in [-0.2, -0.15) is 0 Å².